The number of aliphatic imine (C=N–C) groups is 1. The Balaban J connectivity index is 1.56. The smallest absolute Gasteiger partial charge is 0.357 e. The molecule has 3 aromatic rings. The molecule has 0 bridgehead atoms. The fourth-order valence-electron chi connectivity index (χ4n) is 2.75. The Bertz CT molecular complexity index is 949. The van der Waals surface area contributed by atoms with Gasteiger partial charge in [0.05, 0.1) is 5.01 Å². The fraction of sp³-hybridized carbons (Fsp3) is 0.350. The number of benzene rings is 1. The molecule has 0 radical (unpaired) electrons. The molecule has 0 aliphatic heterocycles. The van der Waals surface area contributed by atoms with Crippen LogP contribution in [0.5, 0.6) is 0 Å². The highest BCUT2D eigenvalue weighted by Crippen LogP contribution is 2.29. The Morgan fingerprint density at radius 3 is 2.70 bits per heavy atom. The first-order valence-electron chi connectivity index (χ1n) is 9.53. The monoisotopic (exact) mass is 436 g/mol. The fourth-order valence-corrected chi connectivity index (χ4v) is 3.56. The molecule has 10 heteroatoms. The largest absolute Gasteiger partial charge is 0.434 e. The highest BCUT2D eigenvalue weighted by molar-refractivity contribution is 7.09. The van der Waals surface area contributed by atoms with Crippen molar-refractivity contribution in [2.45, 2.75) is 32.6 Å². The summed E-state index contributed by atoms with van der Waals surface area (Å²) in [6.45, 7) is 4.13. The molecule has 0 unspecified atom stereocenters. The van der Waals surface area contributed by atoms with E-state index in [-0.39, 0.29) is 0 Å². The summed E-state index contributed by atoms with van der Waals surface area (Å²) in [5.74, 6) is 1.41. The summed E-state index contributed by atoms with van der Waals surface area (Å²) in [5, 5.41) is 7.75. The average molecular weight is 437 g/mol. The van der Waals surface area contributed by atoms with Crippen LogP contribution in [0.1, 0.15) is 29.0 Å². The van der Waals surface area contributed by atoms with Gasteiger partial charge in [-0.1, -0.05) is 30.3 Å². The van der Waals surface area contributed by atoms with Crippen LogP contribution in [0.2, 0.25) is 0 Å². The lowest BCUT2D eigenvalue weighted by Crippen LogP contribution is -2.38. The van der Waals surface area contributed by atoms with E-state index in [0.29, 0.717) is 43.6 Å². The van der Waals surface area contributed by atoms with E-state index in [1.165, 1.54) is 5.56 Å². The van der Waals surface area contributed by atoms with E-state index in [1.807, 2.05) is 35.9 Å². The van der Waals surface area contributed by atoms with Crippen molar-refractivity contribution in [2.24, 2.45) is 4.99 Å². The van der Waals surface area contributed by atoms with Crippen LogP contribution in [0.3, 0.4) is 0 Å². The van der Waals surface area contributed by atoms with Gasteiger partial charge in [-0.05, 0) is 12.5 Å². The molecule has 3 rings (SSSR count). The Morgan fingerprint density at radius 2 is 2.00 bits per heavy atom. The summed E-state index contributed by atoms with van der Waals surface area (Å²) in [6, 6.07) is 10.1. The van der Waals surface area contributed by atoms with E-state index in [4.69, 9.17) is 0 Å². The Morgan fingerprint density at radius 1 is 1.20 bits per heavy atom. The van der Waals surface area contributed by atoms with Crippen molar-refractivity contribution in [1.29, 1.82) is 0 Å². The van der Waals surface area contributed by atoms with Crippen LogP contribution in [-0.2, 0) is 25.7 Å². The third-order valence-corrected chi connectivity index (χ3v) is 5.10. The van der Waals surface area contributed by atoms with Gasteiger partial charge >= 0.3 is 6.18 Å². The minimum atomic E-state index is -4.40. The molecule has 0 fully saturated rings. The quantitative estimate of drug-likeness (QED) is 0.417. The predicted molar refractivity (Wildman–Crippen MR) is 111 cm³/mol. The molecule has 30 heavy (non-hydrogen) atoms. The number of thiazole rings is 1. The molecule has 2 aromatic heterocycles. The van der Waals surface area contributed by atoms with Crippen molar-refractivity contribution in [2.75, 3.05) is 13.1 Å². The Kier molecular flexibility index (Phi) is 7.45. The zero-order valence-electron chi connectivity index (χ0n) is 16.5. The first-order chi connectivity index (χ1) is 14.5. The Hall–Kier alpha value is -2.88. The van der Waals surface area contributed by atoms with Crippen LogP contribution in [0, 0.1) is 0 Å². The van der Waals surface area contributed by atoms with Gasteiger partial charge in [0.25, 0.3) is 0 Å². The van der Waals surface area contributed by atoms with Crippen molar-refractivity contribution in [3.05, 3.63) is 70.2 Å². The number of hydrogen-bond acceptors (Lipinski definition) is 4. The summed E-state index contributed by atoms with van der Waals surface area (Å²) in [4.78, 5) is 12.6. The van der Waals surface area contributed by atoms with Crippen molar-refractivity contribution in [3.63, 3.8) is 0 Å². The number of imidazole rings is 1. The van der Waals surface area contributed by atoms with E-state index >= 15 is 0 Å². The molecule has 1 aromatic carbocycles. The molecule has 0 amide bonds. The molecule has 2 heterocycles. The lowest BCUT2D eigenvalue weighted by Gasteiger charge is -2.11. The maximum absolute atomic E-state index is 12.6. The summed E-state index contributed by atoms with van der Waals surface area (Å²) in [6.07, 6.45) is -0.359. The van der Waals surface area contributed by atoms with Crippen LogP contribution in [0.15, 0.2) is 53.1 Å². The van der Waals surface area contributed by atoms with E-state index in [0.717, 1.165) is 22.5 Å². The number of rotatable bonds is 8. The van der Waals surface area contributed by atoms with Crippen LogP contribution in [0.25, 0.3) is 0 Å². The number of alkyl halides is 3. The number of halogens is 3. The van der Waals surface area contributed by atoms with E-state index in [9.17, 15) is 13.2 Å². The van der Waals surface area contributed by atoms with Crippen LogP contribution < -0.4 is 10.6 Å². The van der Waals surface area contributed by atoms with E-state index < -0.39 is 11.9 Å². The van der Waals surface area contributed by atoms with Crippen LogP contribution >= 0.6 is 11.3 Å². The SMILES string of the molecule is CCNC(=NCc1nccn1Cc1ccccc1)NCCc1nc(C(F)(F)F)cs1. The number of hydrogen-bond donors (Lipinski definition) is 2. The van der Waals surface area contributed by atoms with Crippen molar-refractivity contribution in [3.8, 4) is 0 Å². The predicted octanol–water partition coefficient (Wildman–Crippen LogP) is 3.70. The third-order valence-electron chi connectivity index (χ3n) is 4.19. The van der Waals surface area contributed by atoms with Gasteiger partial charge in [-0.25, -0.2) is 15.0 Å². The molecule has 6 nitrogen and oxygen atoms in total. The second-order valence-electron chi connectivity index (χ2n) is 6.45. The molecule has 0 aliphatic rings. The van der Waals surface area contributed by atoms with Crippen molar-refractivity contribution in [1.82, 2.24) is 25.2 Å². The number of guanidine groups is 1. The first-order valence-corrected chi connectivity index (χ1v) is 10.4. The normalized spacial score (nSPS) is 12.2. The molecule has 0 saturated heterocycles. The Labute approximate surface area is 176 Å². The van der Waals surface area contributed by atoms with Gasteiger partial charge in [0.15, 0.2) is 11.7 Å². The highest BCUT2D eigenvalue weighted by atomic mass is 32.1. The van der Waals surface area contributed by atoms with Gasteiger partial charge in [0, 0.05) is 43.8 Å². The average Bonchev–Trinajstić information content (AvgIpc) is 3.36. The van der Waals surface area contributed by atoms with E-state index in [1.54, 1.807) is 6.20 Å². The van der Waals surface area contributed by atoms with Gasteiger partial charge in [-0.2, -0.15) is 13.2 Å². The van der Waals surface area contributed by atoms with Crippen LogP contribution in [-0.4, -0.2) is 33.6 Å². The molecule has 0 spiro atoms. The minimum absolute atomic E-state index is 0.380. The molecular weight excluding hydrogens is 413 g/mol. The van der Waals surface area contributed by atoms with Crippen molar-refractivity contribution >= 4 is 17.3 Å². The summed E-state index contributed by atoms with van der Waals surface area (Å²) < 4.78 is 40.0. The zero-order valence-corrected chi connectivity index (χ0v) is 17.3. The minimum Gasteiger partial charge on any atom is -0.357 e. The van der Waals surface area contributed by atoms with Gasteiger partial charge in [0.2, 0.25) is 0 Å². The summed E-state index contributed by atoms with van der Waals surface area (Å²) in [5.41, 5.74) is 0.334. The highest BCUT2D eigenvalue weighted by Gasteiger charge is 2.33. The van der Waals surface area contributed by atoms with Gasteiger partial charge in [-0.15, -0.1) is 11.3 Å². The molecule has 0 atom stereocenters. The van der Waals surface area contributed by atoms with Crippen molar-refractivity contribution < 1.29 is 13.2 Å². The second-order valence-corrected chi connectivity index (χ2v) is 7.40. The number of nitrogens with zero attached hydrogens (tertiary/aromatic N) is 4. The second kappa shape index (κ2) is 10.2. The topological polar surface area (TPSA) is 67.1 Å². The summed E-state index contributed by atoms with van der Waals surface area (Å²) >= 11 is 1.01. The van der Waals surface area contributed by atoms with E-state index in [2.05, 4.69) is 37.7 Å². The molecule has 0 saturated carbocycles. The lowest BCUT2D eigenvalue weighted by molar-refractivity contribution is -0.140. The first kappa shape index (κ1) is 21.8. The number of nitrogens with one attached hydrogen (secondary N) is 2. The van der Waals surface area contributed by atoms with Gasteiger partial charge < -0.3 is 15.2 Å². The maximum Gasteiger partial charge on any atom is 0.434 e. The van der Waals surface area contributed by atoms with Crippen LogP contribution in [0.4, 0.5) is 13.2 Å². The molecule has 160 valence electrons. The lowest BCUT2D eigenvalue weighted by atomic mass is 10.2. The maximum atomic E-state index is 12.6. The van der Waals surface area contributed by atoms with Gasteiger partial charge in [0.1, 0.15) is 12.4 Å². The number of aromatic nitrogens is 3. The summed E-state index contributed by atoms with van der Waals surface area (Å²) in [7, 11) is 0. The molecule has 2 N–H and O–H groups in total. The molecular formula is C20H23F3N6S. The third kappa shape index (κ3) is 6.31. The molecule has 0 aliphatic carbocycles. The standard InChI is InChI=1S/C20H23F3N6S/c1-2-24-19(26-9-8-18-28-16(14-30-18)20(21,22)23)27-12-17-25-10-11-29(17)13-15-6-4-3-5-7-15/h3-7,10-11,14H,2,8-9,12-13H2,1H3,(H2,24,26,27). The zero-order chi connectivity index (χ0) is 21.4. The van der Waals surface area contributed by atoms with Gasteiger partial charge in [-0.3, -0.25) is 0 Å².